The van der Waals surface area contributed by atoms with Gasteiger partial charge in [-0.15, -0.1) is 0 Å². The lowest BCUT2D eigenvalue weighted by molar-refractivity contribution is 0.101. The minimum atomic E-state index is -0.172. The van der Waals surface area contributed by atoms with Gasteiger partial charge in [0.25, 0.3) is 0 Å². The number of nitrogens with zero attached hydrogens (tertiary/aromatic N) is 2. The zero-order valence-corrected chi connectivity index (χ0v) is 16.4. The lowest BCUT2D eigenvalue weighted by Crippen LogP contribution is -2.36. The number of aromatic nitrogens is 1. The molecule has 2 aliphatic carbocycles. The Hall–Kier alpha value is -1.97. The molecule has 0 N–H and O–H groups in total. The maximum Gasteiger partial charge on any atom is 0.410 e. The Balaban J connectivity index is 1.62. The third-order valence-corrected chi connectivity index (χ3v) is 7.10. The molecule has 27 heavy (non-hydrogen) atoms. The van der Waals surface area contributed by atoms with Gasteiger partial charge in [-0.25, -0.2) is 4.79 Å². The number of rotatable bonds is 1. The largest absolute Gasteiger partial charge is 0.453 e. The molecule has 1 amide bonds. The van der Waals surface area contributed by atoms with Crippen LogP contribution < -0.4 is 0 Å². The van der Waals surface area contributed by atoms with Crippen LogP contribution in [0.4, 0.5) is 4.79 Å². The van der Waals surface area contributed by atoms with E-state index in [-0.39, 0.29) is 12.1 Å². The van der Waals surface area contributed by atoms with Crippen LogP contribution in [0.3, 0.4) is 0 Å². The maximum absolute atomic E-state index is 12.4. The van der Waals surface area contributed by atoms with Crippen molar-refractivity contribution in [3.05, 3.63) is 35.0 Å². The van der Waals surface area contributed by atoms with Crippen molar-refractivity contribution >= 4 is 17.0 Å². The Bertz CT molecular complexity index is 863. The lowest BCUT2D eigenvalue weighted by atomic mass is 9.83. The fraction of sp³-hybridized carbons (Fsp3) is 0.609. The predicted octanol–water partition coefficient (Wildman–Crippen LogP) is 5.54. The van der Waals surface area contributed by atoms with Gasteiger partial charge in [-0.2, -0.15) is 0 Å². The normalized spacial score (nSPS) is 23.1. The zero-order valence-electron chi connectivity index (χ0n) is 16.4. The van der Waals surface area contributed by atoms with E-state index < -0.39 is 0 Å². The van der Waals surface area contributed by atoms with Gasteiger partial charge in [-0.3, -0.25) is 4.90 Å². The molecule has 1 fully saturated rings. The van der Waals surface area contributed by atoms with Crippen LogP contribution in [-0.2, 0) is 17.7 Å². The van der Waals surface area contributed by atoms with Crippen molar-refractivity contribution < 1.29 is 9.53 Å². The highest BCUT2D eigenvalue weighted by molar-refractivity contribution is 5.87. The van der Waals surface area contributed by atoms with Gasteiger partial charge < -0.3 is 9.30 Å². The van der Waals surface area contributed by atoms with Gasteiger partial charge >= 0.3 is 6.09 Å². The van der Waals surface area contributed by atoms with Crippen LogP contribution >= 0.6 is 0 Å². The van der Waals surface area contributed by atoms with E-state index in [1.165, 1.54) is 66.9 Å². The summed E-state index contributed by atoms with van der Waals surface area (Å²) in [6, 6.07) is 7.41. The fourth-order valence-corrected chi connectivity index (χ4v) is 5.84. The minimum absolute atomic E-state index is 0.172. The number of methoxy groups -OCH3 is 1. The zero-order chi connectivity index (χ0) is 18.4. The van der Waals surface area contributed by atoms with Crippen LogP contribution in [0.2, 0.25) is 0 Å². The average Bonchev–Trinajstić information content (AvgIpc) is 2.91. The van der Waals surface area contributed by atoms with Crippen LogP contribution in [0.15, 0.2) is 18.2 Å². The lowest BCUT2D eigenvalue weighted by Gasteiger charge is -2.32. The predicted molar refractivity (Wildman–Crippen MR) is 107 cm³/mol. The topological polar surface area (TPSA) is 34.5 Å². The van der Waals surface area contributed by atoms with Gasteiger partial charge in [0.15, 0.2) is 0 Å². The molecule has 0 unspecified atom stereocenters. The summed E-state index contributed by atoms with van der Waals surface area (Å²) in [5.74, 6) is 0.737. The standard InChI is InChI=1S/C23H30N2O2/c1-27-23(26)25-14-6-13-24-20-12-11-17(16-7-3-2-4-8-16)15-19(20)18-9-5-10-21(25)22(18)24/h11-12,15-16,21H,2-10,13-14H2,1H3/t21-/m0/s1. The van der Waals surface area contributed by atoms with Crippen molar-refractivity contribution in [3.8, 4) is 0 Å². The Morgan fingerprint density at radius 3 is 2.70 bits per heavy atom. The highest BCUT2D eigenvalue weighted by Crippen LogP contribution is 2.43. The SMILES string of the molecule is COC(=O)N1CCCn2c3c(c4cc(C5CCCCC5)ccc42)CCC[C@@H]31. The first-order chi connectivity index (χ1) is 13.3. The second-order valence-corrected chi connectivity index (χ2v) is 8.55. The summed E-state index contributed by atoms with van der Waals surface area (Å²) >= 11 is 0. The van der Waals surface area contributed by atoms with E-state index in [0.29, 0.717) is 0 Å². The van der Waals surface area contributed by atoms with Crippen molar-refractivity contribution in [2.24, 2.45) is 0 Å². The first-order valence-corrected chi connectivity index (χ1v) is 10.8. The van der Waals surface area contributed by atoms with Gasteiger partial charge in [0.1, 0.15) is 0 Å². The summed E-state index contributed by atoms with van der Waals surface area (Å²) in [7, 11) is 1.50. The van der Waals surface area contributed by atoms with Crippen molar-refractivity contribution in [3.63, 3.8) is 0 Å². The fourth-order valence-electron chi connectivity index (χ4n) is 5.84. The molecule has 2 aromatic rings. The summed E-state index contributed by atoms with van der Waals surface area (Å²) in [6.07, 6.45) is 11.0. The van der Waals surface area contributed by atoms with Gasteiger partial charge in [0.05, 0.1) is 13.2 Å². The summed E-state index contributed by atoms with van der Waals surface area (Å²) in [4.78, 5) is 14.4. The number of hydrogen-bond acceptors (Lipinski definition) is 2. The molecule has 0 radical (unpaired) electrons. The van der Waals surface area contributed by atoms with Crippen molar-refractivity contribution in [2.75, 3.05) is 13.7 Å². The molecule has 4 heteroatoms. The summed E-state index contributed by atoms with van der Waals surface area (Å²) in [5, 5.41) is 1.45. The molecule has 144 valence electrons. The Kier molecular flexibility index (Phi) is 4.37. The molecular weight excluding hydrogens is 336 g/mol. The van der Waals surface area contributed by atoms with Crippen LogP contribution in [0.5, 0.6) is 0 Å². The van der Waals surface area contributed by atoms with E-state index in [9.17, 15) is 4.79 Å². The smallest absolute Gasteiger partial charge is 0.410 e. The number of carbonyl (C=O) groups is 1. The van der Waals surface area contributed by atoms with Crippen molar-refractivity contribution in [1.29, 1.82) is 0 Å². The second kappa shape index (κ2) is 6.88. The molecule has 1 aromatic heterocycles. The summed E-state index contributed by atoms with van der Waals surface area (Å²) in [6.45, 7) is 1.79. The number of ether oxygens (including phenoxy) is 1. The summed E-state index contributed by atoms with van der Waals surface area (Å²) in [5.41, 5.74) is 5.79. The molecule has 4 nitrogen and oxygen atoms in total. The van der Waals surface area contributed by atoms with Gasteiger partial charge in [-0.05, 0) is 67.7 Å². The Morgan fingerprint density at radius 2 is 1.89 bits per heavy atom. The molecule has 1 aliphatic heterocycles. The van der Waals surface area contributed by atoms with Crippen LogP contribution in [-0.4, -0.2) is 29.2 Å². The second-order valence-electron chi connectivity index (χ2n) is 8.55. The van der Waals surface area contributed by atoms with Crippen molar-refractivity contribution in [1.82, 2.24) is 9.47 Å². The molecular formula is C23H30N2O2. The van der Waals surface area contributed by atoms with E-state index in [0.717, 1.165) is 44.7 Å². The van der Waals surface area contributed by atoms with Crippen LogP contribution in [0, 0.1) is 0 Å². The Labute approximate surface area is 161 Å². The number of hydrogen-bond donors (Lipinski definition) is 0. The van der Waals surface area contributed by atoms with E-state index in [4.69, 9.17) is 4.74 Å². The molecule has 1 atom stereocenters. The van der Waals surface area contributed by atoms with Gasteiger partial charge in [-0.1, -0.05) is 25.3 Å². The highest BCUT2D eigenvalue weighted by atomic mass is 16.5. The maximum atomic E-state index is 12.4. The minimum Gasteiger partial charge on any atom is -0.453 e. The molecule has 0 spiro atoms. The molecule has 3 aliphatic rings. The first kappa shape index (κ1) is 17.2. The number of aryl methyl sites for hydroxylation is 2. The highest BCUT2D eigenvalue weighted by Gasteiger charge is 2.36. The third-order valence-electron chi connectivity index (χ3n) is 7.10. The van der Waals surface area contributed by atoms with Gasteiger partial charge in [0.2, 0.25) is 0 Å². The van der Waals surface area contributed by atoms with Gasteiger partial charge in [0, 0.05) is 29.7 Å². The molecule has 1 aromatic carbocycles. The van der Waals surface area contributed by atoms with Crippen LogP contribution in [0.1, 0.15) is 80.1 Å². The van der Waals surface area contributed by atoms with E-state index in [1.807, 2.05) is 4.90 Å². The number of benzene rings is 1. The quantitative estimate of drug-likeness (QED) is 0.664. The Morgan fingerprint density at radius 1 is 1.04 bits per heavy atom. The van der Waals surface area contributed by atoms with E-state index >= 15 is 0 Å². The molecule has 2 heterocycles. The van der Waals surface area contributed by atoms with Crippen LogP contribution in [0.25, 0.3) is 10.9 Å². The molecule has 5 rings (SSSR count). The molecule has 0 bridgehead atoms. The number of carbonyl (C=O) groups excluding carboxylic acids is 1. The van der Waals surface area contributed by atoms with E-state index in [2.05, 4.69) is 22.8 Å². The average molecular weight is 367 g/mol. The first-order valence-electron chi connectivity index (χ1n) is 10.8. The molecule has 0 saturated heterocycles. The van der Waals surface area contributed by atoms with Crippen molar-refractivity contribution in [2.45, 2.75) is 76.3 Å². The number of amides is 1. The number of fused-ring (bicyclic) bond motifs is 3. The molecule has 1 saturated carbocycles. The monoisotopic (exact) mass is 366 g/mol. The summed E-state index contributed by atoms with van der Waals surface area (Å²) < 4.78 is 7.62. The van der Waals surface area contributed by atoms with E-state index in [1.54, 1.807) is 0 Å². The third kappa shape index (κ3) is 2.76.